The Morgan fingerprint density at radius 2 is 1.85 bits per heavy atom. The van der Waals surface area contributed by atoms with Gasteiger partial charge in [0.05, 0.1) is 5.11 Å². The van der Waals surface area contributed by atoms with Gasteiger partial charge in [-0.1, -0.05) is 30.3 Å². The van der Waals surface area contributed by atoms with Crippen molar-refractivity contribution in [2.75, 3.05) is 18.5 Å². The summed E-state index contributed by atoms with van der Waals surface area (Å²) < 4.78 is 2.12. The topological polar surface area (TPSA) is 31.8 Å². The van der Waals surface area contributed by atoms with Crippen molar-refractivity contribution in [3.63, 3.8) is 0 Å². The van der Waals surface area contributed by atoms with E-state index in [1.54, 1.807) is 11.3 Å². The van der Waals surface area contributed by atoms with Crippen LogP contribution >= 0.6 is 11.3 Å². The zero-order chi connectivity index (χ0) is 17.6. The van der Waals surface area contributed by atoms with Crippen LogP contribution in [0.25, 0.3) is 0 Å². The number of aromatic nitrogens is 1. The van der Waals surface area contributed by atoms with E-state index in [0.29, 0.717) is 0 Å². The van der Waals surface area contributed by atoms with Crippen molar-refractivity contribution in [1.82, 2.24) is 0 Å². The van der Waals surface area contributed by atoms with Crippen LogP contribution in [0, 0.1) is 6.92 Å². The fraction of sp³-hybridized carbons (Fsp3) is 0.250. The van der Waals surface area contributed by atoms with Gasteiger partial charge >= 0.3 is 5.13 Å². The molecular formula is C20H23BrN4S. The number of anilines is 1. The molecule has 3 aromatic rings. The lowest BCUT2D eigenvalue weighted by atomic mass is 10.2. The minimum atomic E-state index is 0. The molecule has 0 radical (unpaired) electrons. The summed E-state index contributed by atoms with van der Waals surface area (Å²) in [5, 5.41) is 11.9. The molecule has 0 aliphatic rings. The Bertz CT molecular complexity index is 861. The lowest BCUT2D eigenvalue weighted by Crippen LogP contribution is -3.00. The quantitative estimate of drug-likeness (QED) is 0.435. The zero-order valence-corrected chi connectivity index (χ0v) is 17.7. The first-order valence-corrected chi connectivity index (χ1v) is 9.29. The summed E-state index contributed by atoms with van der Waals surface area (Å²) in [6, 6.07) is 16.7. The minimum absolute atomic E-state index is 0. The molecule has 0 spiro atoms. The van der Waals surface area contributed by atoms with E-state index in [4.69, 9.17) is 0 Å². The van der Waals surface area contributed by atoms with Gasteiger partial charge in [-0.3, -0.25) is 0 Å². The second-order valence-electron chi connectivity index (χ2n) is 5.98. The largest absolute Gasteiger partial charge is 1.00 e. The predicted molar refractivity (Wildman–Crippen MR) is 104 cm³/mol. The smallest absolute Gasteiger partial charge is 0.408 e. The van der Waals surface area contributed by atoms with E-state index in [9.17, 15) is 0 Å². The Hall–Kier alpha value is -2.05. The second kappa shape index (κ2) is 9.59. The predicted octanol–water partition coefficient (Wildman–Crippen LogP) is 2.27. The molecule has 4 nitrogen and oxygen atoms in total. The summed E-state index contributed by atoms with van der Waals surface area (Å²) in [4.78, 5) is 2.21. The van der Waals surface area contributed by atoms with E-state index in [0.717, 1.165) is 29.5 Å². The highest BCUT2D eigenvalue weighted by Gasteiger charge is 2.13. The van der Waals surface area contributed by atoms with Crippen molar-refractivity contribution in [1.29, 1.82) is 0 Å². The Morgan fingerprint density at radius 3 is 2.54 bits per heavy atom. The zero-order valence-electron chi connectivity index (χ0n) is 15.3. The minimum Gasteiger partial charge on any atom is -1.00 e. The molecule has 0 saturated heterocycles. The van der Waals surface area contributed by atoms with Crippen molar-refractivity contribution in [2.45, 2.75) is 20.4 Å². The molecule has 0 saturated carbocycles. The van der Waals surface area contributed by atoms with Crippen LogP contribution in [0.2, 0.25) is 0 Å². The summed E-state index contributed by atoms with van der Waals surface area (Å²) in [6.07, 6.45) is 2.05. The molecule has 0 amide bonds. The molecule has 0 bridgehead atoms. The Morgan fingerprint density at radius 1 is 1.08 bits per heavy atom. The molecule has 0 atom stereocenters. The molecule has 0 aliphatic heterocycles. The summed E-state index contributed by atoms with van der Waals surface area (Å²) >= 11 is 1.60. The van der Waals surface area contributed by atoms with Crippen molar-refractivity contribution in [3.05, 3.63) is 71.2 Å². The first-order valence-electron chi connectivity index (χ1n) is 8.41. The molecule has 1 heterocycles. The summed E-state index contributed by atoms with van der Waals surface area (Å²) in [7, 11) is 2.09. The maximum Gasteiger partial charge on any atom is 0.408 e. The molecular weight excluding hydrogens is 408 g/mol. The van der Waals surface area contributed by atoms with Crippen molar-refractivity contribution < 1.29 is 21.5 Å². The molecule has 3 rings (SSSR count). The number of thiazole rings is 1. The number of nitrogens with zero attached hydrogens (tertiary/aromatic N) is 4. The Labute approximate surface area is 169 Å². The van der Waals surface area contributed by atoms with Gasteiger partial charge in [0.1, 0.15) is 18.4 Å². The average Bonchev–Trinajstić information content (AvgIpc) is 3.08. The number of benzene rings is 2. The lowest BCUT2D eigenvalue weighted by Gasteiger charge is -2.17. The summed E-state index contributed by atoms with van der Waals surface area (Å²) in [5.74, 6) is 0. The highest BCUT2D eigenvalue weighted by atomic mass is 79.9. The van der Waals surface area contributed by atoms with Gasteiger partial charge in [-0.2, -0.15) is 0 Å². The fourth-order valence-corrected chi connectivity index (χ4v) is 3.22. The van der Waals surface area contributed by atoms with Gasteiger partial charge in [-0.05, 0) is 59.6 Å². The number of rotatable bonds is 6. The van der Waals surface area contributed by atoms with Crippen molar-refractivity contribution in [3.8, 4) is 0 Å². The molecule has 1 aromatic heterocycles. The van der Waals surface area contributed by atoms with E-state index < -0.39 is 0 Å². The number of hydrogen-bond donors (Lipinski definition) is 0. The SMILES string of the molecule is CCN(C)c1ccc(N=Nc2scc[n+]2Cc2ccccc2)c(C)c1.[Br-]. The van der Waals surface area contributed by atoms with Gasteiger partial charge in [0.15, 0.2) is 0 Å². The number of aryl methyl sites for hydroxylation is 1. The van der Waals surface area contributed by atoms with Crippen molar-refractivity contribution in [2.24, 2.45) is 10.2 Å². The molecule has 2 aromatic carbocycles. The molecule has 0 unspecified atom stereocenters. The van der Waals surface area contributed by atoms with E-state index >= 15 is 0 Å². The molecule has 0 aliphatic carbocycles. The van der Waals surface area contributed by atoms with Crippen LogP contribution in [0.4, 0.5) is 16.5 Å². The van der Waals surface area contributed by atoms with Gasteiger partial charge in [-0.15, -0.1) is 0 Å². The molecule has 26 heavy (non-hydrogen) atoms. The highest BCUT2D eigenvalue weighted by molar-refractivity contribution is 7.12. The number of azo groups is 1. The van der Waals surface area contributed by atoms with Crippen LogP contribution in [0.5, 0.6) is 0 Å². The number of hydrogen-bond acceptors (Lipinski definition) is 4. The Kier molecular flexibility index (Phi) is 7.48. The first kappa shape index (κ1) is 20.3. The van der Waals surface area contributed by atoms with Crippen LogP contribution in [0.3, 0.4) is 0 Å². The standard InChI is InChI=1S/C20H23N4S.BrH/c1-4-23(3)18-10-11-19(16(2)14-18)21-22-20-24(12-13-25-20)15-17-8-6-5-7-9-17;/h5-14H,4,15H2,1-3H3;1H/q+1;/p-1. The maximum absolute atomic E-state index is 4.48. The monoisotopic (exact) mass is 430 g/mol. The third-order valence-corrected chi connectivity index (χ3v) is 4.98. The van der Waals surface area contributed by atoms with E-state index in [1.807, 2.05) is 17.5 Å². The molecule has 0 fully saturated rings. The number of halogens is 1. The Balaban J connectivity index is 0.00000243. The average molecular weight is 431 g/mol. The van der Waals surface area contributed by atoms with E-state index in [2.05, 4.69) is 83.2 Å². The molecule has 6 heteroatoms. The van der Waals surface area contributed by atoms with Crippen LogP contribution in [-0.4, -0.2) is 13.6 Å². The van der Waals surface area contributed by atoms with Crippen LogP contribution in [0.1, 0.15) is 18.1 Å². The summed E-state index contributed by atoms with van der Waals surface area (Å²) in [6.45, 7) is 6.01. The highest BCUT2D eigenvalue weighted by Crippen LogP contribution is 2.26. The van der Waals surface area contributed by atoms with Crippen molar-refractivity contribution >= 4 is 27.8 Å². The van der Waals surface area contributed by atoms with Gasteiger partial charge in [-0.25, -0.2) is 4.57 Å². The molecule has 136 valence electrons. The van der Waals surface area contributed by atoms with Crippen LogP contribution in [-0.2, 0) is 6.54 Å². The summed E-state index contributed by atoms with van der Waals surface area (Å²) in [5.41, 5.74) is 4.50. The van der Waals surface area contributed by atoms with Gasteiger partial charge in [0.2, 0.25) is 0 Å². The first-order chi connectivity index (χ1) is 12.2. The normalized spacial score (nSPS) is 10.7. The van der Waals surface area contributed by atoms with E-state index in [1.165, 1.54) is 11.3 Å². The lowest BCUT2D eigenvalue weighted by molar-refractivity contribution is -0.671. The van der Waals surface area contributed by atoms with Gasteiger partial charge < -0.3 is 21.9 Å². The van der Waals surface area contributed by atoms with E-state index in [-0.39, 0.29) is 17.0 Å². The van der Waals surface area contributed by atoms with Crippen LogP contribution < -0.4 is 26.4 Å². The third-order valence-electron chi connectivity index (χ3n) is 4.19. The third kappa shape index (κ3) is 4.99. The van der Waals surface area contributed by atoms with Crippen LogP contribution in [0.15, 0.2) is 70.3 Å². The second-order valence-corrected chi connectivity index (χ2v) is 6.86. The van der Waals surface area contributed by atoms with Gasteiger partial charge in [0.25, 0.3) is 0 Å². The maximum atomic E-state index is 4.48. The molecule has 0 N–H and O–H groups in total. The fourth-order valence-electron chi connectivity index (χ4n) is 2.55. The van der Waals surface area contributed by atoms with Gasteiger partial charge in [0, 0.05) is 24.7 Å².